The number of benzene rings is 1. The van der Waals surface area contributed by atoms with Crippen LogP contribution in [0, 0.1) is 0 Å². The van der Waals surface area contributed by atoms with Crippen molar-refractivity contribution in [1.82, 2.24) is 9.97 Å². The summed E-state index contributed by atoms with van der Waals surface area (Å²) < 4.78 is 5.95. The highest BCUT2D eigenvalue weighted by Gasteiger charge is 2.15. The molecule has 3 rings (SSSR count). The molecular weight excluding hydrogens is 332 g/mol. The second-order valence-corrected chi connectivity index (χ2v) is 5.28. The summed E-state index contributed by atoms with van der Waals surface area (Å²) >= 11 is 3.44. The lowest BCUT2D eigenvalue weighted by Crippen LogP contribution is -1.97. The lowest BCUT2D eigenvalue weighted by molar-refractivity contribution is 0.281. The van der Waals surface area contributed by atoms with Crippen LogP contribution in [0.25, 0.3) is 22.0 Å². The number of ether oxygens (including phenoxy) is 1. The van der Waals surface area contributed by atoms with Gasteiger partial charge in [0.2, 0.25) is 0 Å². The van der Waals surface area contributed by atoms with Crippen LogP contribution in [0.1, 0.15) is 5.56 Å². The average Bonchev–Trinajstić information content (AvgIpc) is 2.54. The van der Waals surface area contributed by atoms with Crippen molar-refractivity contribution in [2.24, 2.45) is 0 Å². The number of aliphatic hydroxyl groups excluding tert-OH is 1. The van der Waals surface area contributed by atoms with Gasteiger partial charge < -0.3 is 9.84 Å². The van der Waals surface area contributed by atoms with E-state index >= 15 is 0 Å². The Morgan fingerprint density at radius 3 is 2.62 bits per heavy atom. The van der Waals surface area contributed by atoms with Crippen LogP contribution < -0.4 is 4.74 Å². The molecule has 0 atom stereocenters. The van der Waals surface area contributed by atoms with Crippen LogP contribution in [-0.2, 0) is 6.61 Å². The minimum Gasteiger partial charge on any atom is -0.497 e. The van der Waals surface area contributed by atoms with Gasteiger partial charge in [-0.05, 0) is 57.4 Å². The number of aromatic nitrogens is 2. The molecule has 2 heterocycles. The first-order valence-corrected chi connectivity index (χ1v) is 7.21. The molecule has 0 saturated heterocycles. The van der Waals surface area contributed by atoms with E-state index in [9.17, 15) is 5.11 Å². The number of rotatable bonds is 3. The van der Waals surface area contributed by atoms with Gasteiger partial charge in [-0.3, -0.25) is 4.98 Å². The summed E-state index contributed by atoms with van der Waals surface area (Å²) in [5.41, 5.74) is 3.51. The first-order chi connectivity index (χ1) is 10.2. The molecule has 1 aromatic carbocycles. The zero-order chi connectivity index (χ0) is 14.8. The van der Waals surface area contributed by atoms with Gasteiger partial charge in [-0.1, -0.05) is 0 Å². The summed E-state index contributed by atoms with van der Waals surface area (Å²) in [5.74, 6) is 0.755. The number of pyridine rings is 2. The van der Waals surface area contributed by atoms with E-state index in [1.54, 1.807) is 19.5 Å². The van der Waals surface area contributed by atoms with E-state index in [0.29, 0.717) is 4.60 Å². The summed E-state index contributed by atoms with van der Waals surface area (Å²) in [6.07, 6.45) is 3.47. The molecule has 0 bridgehead atoms. The molecule has 5 heteroatoms. The van der Waals surface area contributed by atoms with Crippen LogP contribution in [0.4, 0.5) is 0 Å². The van der Waals surface area contributed by atoms with Crippen molar-refractivity contribution in [1.29, 1.82) is 0 Å². The predicted molar refractivity (Wildman–Crippen MR) is 85.1 cm³/mol. The first-order valence-electron chi connectivity index (χ1n) is 6.42. The van der Waals surface area contributed by atoms with Gasteiger partial charge >= 0.3 is 0 Å². The SMILES string of the molecule is COc1ccc2nc(Br)c(CO)c(-c3ccncc3)c2c1. The summed E-state index contributed by atoms with van der Waals surface area (Å²) in [6, 6.07) is 9.55. The minimum absolute atomic E-state index is 0.0988. The second kappa shape index (κ2) is 5.79. The van der Waals surface area contributed by atoms with E-state index in [2.05, 4.69) is 25.9 Å². The van der Waals surface area contributed by atoms with Crippen molar-refractivity contribution in [3.63, 3.8) is 0 Å². The molecule has 0 amide bonds. The fourth-order valence-electron chi connectivity index (χ4n) is 2.37. The van der Waals surface area contributed by atoms with Gasteiger partial charge in [-0.25, -0.2) is 4.98 Å². The van der Waals surface area contributed by atoms with Gasteiger partial charge in [0.05, 0.1) is 19.2 Å². The van der Waals surface area contributed by atoms with Gasteiger partial charge in [0, 0.05) is 23.3 Å². The molecule has 0 radical (unpaired) electrons. The van der Waals surface area contributed by atoms with E-state index < -0.39 is 0 Å². The molecule has 3 aromatic rings. The summed E-state index contributed by atoms with van der Waals surface area (Å²) in [4.78, 5) is 8.54. The van der Waals surface area contributed by atoms with Crippen LogP contribution in [0.3, 0.4) is 0 Å². The van der Waals surface area contributed by atoms with Gasteiger partial charge in [0.25, 0.3) is 0 Å². The molecular formula is C16H13BrN2O2. The summed E-state index contributed by atoms with van der Waals surface area (Å²) in [7, 11) is 1.63. The number of halogens is 1. The van der Waals surface area contributed by atoms with Crippen molar-refractivity contribution < 1.29 is 9.84 Å². The molecule has 0 unspecified atom stereocenters. The number of hydrogen-bond donors (Lipinski definition) is 1. The zero-order valence-electron chi connectivity index (χ0n) is 11.4. The number of aliphatic hydroxyl groups is 1. The fraction of sp³-hybridized carbons (Fsp3) is 0.125. The van der Waals surface area contributed by atoms with Crippen LogP contribution >= 0.6 is 15.9 Å². The Hall–Kier alpha value is -1.98. The quantitative estimate of drug-likeness (QED) is 0.738. The Labute approximate surface area is 130 Å². The van der Waals surface area contributed by atoms with Gasteiger partial charge in [-0.2, -0.15) is 0 Å². The number of hydrogen-bond acceptors (Lipinski definition) is 4. The van der Waals surface area contributed by atoms with Crippen LogP contribution in [0.15, 0.2) is 47.3 Å². The van der Waals surface area contributed by atoms with Crippen LogP contribution in [0.2, 0.25) is 0 Å². The third-order valence-electron chi connectivity index (χ3n) is 3.37. The second-order valence-electron chi connectivity index (χ2n) is 4.53. The predicted octanol–water partition coefficient (Wildman–Crippen LogP) is 3.56. The molecule has 1 N–H and O–H groups in total. The van der Waals surface area contributed by atoms with E-state index in [-0.39, 0.29) is 6.61 Å². The molecule has 0 spiro atoms. The van der Waals surface area contributed by atoms with E-state index in [0.717, 1.165) is 33.3 Å². The molecule has 2 aromatic heterocycles. The highest BCUT2D eigenvalue weighted by Crippen LogP contribution is 2.36. The van der Waals surface area contributed by atoms with Crippen molar-refractivity contribution in [3.8, 4) is 16.9 Å². The molecule has 21 heavy (non-hydrogen) atoms. The van der Waals surface area contributed by atoms with Crippen LogP contribution in [-0.4, -0.2) is 22.2 Å². The maximum atomic E-state index is 9.73. The molecule has 0 saturated carbocycles. The third-order valence-corrected chi connectivity index (χ3v) is 4.03. The van der Waals surface area contributed by atoms with Gasteiger partial charge in [-0.15, -0.1) is 0 Å². The summed E-state index contributed by atoms with van der Waals surface area (Å²) in [5, 5.41) is 10.7. The van der Waals surface area contributed by atoms with Crippen molar-refractivity contribution in [2.75, 3.05) is 7.11 Å². The Morgan fingerprint density at radius 2 is 1.95 bits per heavy atom. The zero-order valence-corrected chi connectivity index (χ0v) is 13.0. The van der Waals surface area contributed by atoms with E-state index in [4.69, 9.17) is 4.74 Å². The minimum atomic E-state index is -0.0988. The lowest BCUT2D eigenvalue weighted by Gasteiger charge is -2.14. The highest BCUT2D eigenvalue weighted by molar-refractivity contribution is 9.10. The topological polar surface area (TPSA) is 55.2 Å². The van der Waals surface area contributed by atoms with Crippen LogP contribution in [0.5, 0.6) is 5.75 Å². The van der Waals surface area contributed by atoms with E-state index in [1.165, 1.54) is 0 Å². The average molecular weight is 345 g/mol. The molecule has 0 aliphatic carbocycles. The monoisotopic (exact) mass is 344 g/mol. The third kappa shape index (κ3) is 2.50. The Bertz CT molecular complexity index is 791. The Kier molecular flexibility index (Phi) is 3.86. The van der Waals surface area contributed by atoms with Crippen molar-refractivity contribution in [2.45, 2.75) is 6.61 Å². The Balaban J connectivity index is 2.42. The first kappa shape index (κ1) is 14.0. The highest BCUT2D eigenvalue weighted by atomic mass is 79.9. The smallest absolute Gasteiger partial charge is 0.119 e. The fourth-order valence-corrected chi connectivity index (χ4v) is 2.89. The maximum absolute atomic E-state index is 9.73. The lowest BCUT2D eigenvalue weighted by atomic mass is 9.97. The molecule has 0 aliphatic heterocycles. The number of methoxy groups -OCH3 is 1. The number of fused-ring (bicyclic) bond motifs is 1. The standard InChI is InChI=1S/C16H13BrN2O2/c1-21-11-2-3-14-12(8-11)15(10-4-6-18-7-5-10)13(9-20)16(17)19-14/h2-8,20H,9H2,1H3. The largest absolute Gasteiger partial charge is 0.497 e. The Morgan fingerprint density at radius 1 is 1.19 bits per heavy atom. The molecule has 0 fully saturated rings. The van der Waals surface area contributed by atoms with E-state index in [1.807, 2.05) is 30.3 Å². The van der Waals surface area contributed by atoms with Crippen molar-refractivity contribution >= 4 is 26.8 Å². The van der Waals surface area contributed by atoms with Crippen molar-refractivity contribution in [3.05, 3.63) is 52.9 Å². The normalized spacial score (nSPS) is 10.8. The number of nitrogens with zero attached hydrogens (tertiary/aromatic N) is 2. The summed E-state index contributed by atoms with van der Waals surface area (Å²) in [6.45, 7) is -0.0988. The molecule has 106 valence electrons. The molecule has 0 aliphatic rings. The van der Waals surface area contributed by atoms with Gasteiger partial charge in [0.15, 0.2) is 0 Å². The maximum Gasteiger partial charge on any atom is 0.119 e. The van der Waals surface area contributed by atoms with Gasteiger partial charge in [0.1, 0.15) is 10.4 Å². The molecule has 4 nitrogen and oxygen atoms in total.